The minimum Gasteiger partial charge on any atom is -0.454 e. The maximum atomic E-state index is 6.70. The molecule has 10 aromatic rings. The van der Waals surface area contributed by atoms with Gasteiger partial charge in [-0.25, -0.2) is 0 Å². The van der Waals surface area contributed by atoms with Crippen molar-refractivity contribution in [2.24, 2.45) is 0 Å². The zero-order chi connectivity index (χ0) is 37.3. The van der Waals surface area contributed by atoms with Gasteiger partial charge in [-0.05, 0) is 80.4 Å². The third-order valence-electron chi connectivity index (χ3n) is 10.7. The van der Waals surface area contributed by atoms with Crippen LogP contribution in [-0.2, 0) is 0 Å². The van der Waals surface area contributed by atoms with Crippen LogP contribution in [0.4, 0.5) is 17.1 Å². The standard InChI is InChI=1S/C54H37NO/c1-3-16-38(17-4-1)40-30-32-42(33-31-40)44-20-7-8-21-45(44)46-22-9-10-23-47(46)48-24-11-13-27-51(48)55(43-36-34-41(35-37-43)39-18-5-2-6-19-39)52-28-15-26-50-49-25-12-14-29-53(49)56-54(50)52/h1-37H. The van der Waals surface area contributed by atoms with Gasteiger partial charge in [0.15, 0.2) is 5.58 Å². The van der Waals surface area contributed by atoms with Gasteiger partial charge in [0.2, 0.25) is 0 Å². The average molecular weight is 716 g/mol. The summed E-state index contributed by atoms with van der Waals surface area (Å²) in [5.74, 6) is 0. The smallest absolute Gasteiger partial charge is 0.159 e. The van der Waals surface area contributed by atoms with E-state index in [1.807, 2.05) is 6.07 Å². The SMILES string of the molecule is c1ccc(-c2ccc(-c3ccccc3-c3ccccc3-c3ccccc3N(c3ccc(-c4ccccc4)cc3)c3cccc4c3oc3ccccc34)cc2)cc1. The van der Waals surface area contributed by atoms with E-state index in [1.165, 1.54) is 44.5 Å². The van der Waals surface area contributed by atoms with E-state index in [0.717, 1.165) is 50.1 Å². The molecule has 9 aromatic carbocycles. The molecule has 1 aromatic heterocycles. The first-order valence-corrected chi connectivity index (χ1v) is 19.1. The van der Waals surface area contributed by atoms with Crippen molar-refractivity contribution in [3.63, 3.8) is 0 Å². The number of hydrogen-bond donors (Lipinski definition) is 0. The molecule has 2 nitrogen and oxygen atoms in total. The molecule has 0 spiro atoms. The fourth-order valence-corrected chi connectivity index (χ4v) is 8.04. The Morgan fingerprint density at radius 1 is 0.268 bits per heavy atom. The van der Waals surface area contributed by atoms with E-state index in [-0.39, 0.29) is 0 Å². The number of rotatable bonds is 8. The van der Waals surface area contributed by atoms with E-state index in [0.29, 0.717) is 0 Å². The van der Waals surface area contributed by atoms with Crippen molar-refractivity contribution in [1.82, 2.24) is 0 Å². The minimum absolute atomic E-state index is 0.855. The Bertz CT molecular complexity index is 2940. The van der Waals surface area contributed by atoms with Crippen LogP contribution in [0.5, 0.6) is 0 Å². The molecule has 0 atom stereocenters. The maximum absolute atomic E-state index is 6.70. The lowest BCUT2D eigenvalue weighted by molar-refractivity contribution is 0.669. The number of nitrogens with zero attached hydrogens (tertiary/aromatic N) is 1. The number of para-hydroxylation sites is 3. The van der Waals surface area contributed by atoms with Gasteiger partial charge in [0, 0.05) is 22.0 Å². The molecule has 10 rings (SSSR count). The summed E-state index contributed by atoms with van der Waals surface area (Å²) in [5, 5.41) is 2.20. The van der Waals surface area contributed by atoms with Crippen LogP contribution >= 0.6 is 0 Å². The third-order valence-corrected chi connectivity index (χ3v) is 10.7. The number of furan rings is 1. The molecule has 1 heterocycles. The van der Waals surface area contributed by atoms with E-state index >= 15 is 0 Å². The van der Waals surface area contributed by atoms with Gasteiger partial charge in [-0.1, -0.05) is 194 Å². The van der Waals surface area contributed by atoms with Crippen LogP contribution in [0, 0.1) is 0 Å². The second kappa shape index (κ2) is 14.4. The van der Waals surface area contributed by atoms with Gasteiger partial charge < -0.3 is 9.32 Å². The number of hydrogen-bond acceptors (Lipinski definition) is 2. The molecular weight excluding hydrogens is 679 g/mol. The van der Waals surface area contributed by atoms with Crippen LogP contribution in [0.2, 0.25) is 0 Å². The molecule has 0 N–H and O–H groups in total. The number of fused-ring (bicyclic) bond motifs is 3. The highest BCUT2D eigenvalue weighted by molar-refractivity contribution is 6.11. The van der Waals surface area contributed by atoms with Crippen molar-refractivity contribution >= 4 is 39.0 Å². The Morgan fingerprint density at radius 2 is 0.696 bits per heavy atom. The first kappa shape index (κ1) is 33.2. The van der Waals surface area contributed by atoms with Crippen molar-refractivity contribution in [2.75, 3.05) is 4.90 Å². The largest absolute Gasteiger partial charge is 0.454 e. The van der Waals surface area contributed by atoms with E-state index in [4.69, 9.17) is 4.42 Å². The van der Waals surface area contributed by atoms with Crippen LogP contribution in [0.3, 0.4) is 0 Å². The number of benzene rings is 9. The van der Waals surface area contributed by atoms with Crippen molar-refractivity contribution in [2.45, 2.75) is 0 Å². The molecule has 0 unspecified atom stereocenters. The fraction of sp³-hybridized carbons (Fsp3) is 0. The zero-order valence-electron chi connectivity index (χ0n) is 30.7. The van der Waals surface area contributed by atoms with Gasteiger partial charge >= 0.3 is 0 Å². The first-order valence-electron chi connectivity index (χ1n) is 19.1. The summed E-state index contributed by atoms with van der Waals surface area (Å²) in [4.78, 5) is 2.36. The van der Waals surface area contributed by atoms with E-state index in [9.17, 15) is 0 Å². The first-order chi connectivity index (χ1) is 27.8. The topological polar surface area (TPSA) is 16.4 Å². The molecular formula is C54H37NO. The fourth-order valence-electron chi connectivity index (χ4n) is 8.04. The molecule has 56 heavy (non-hydrogen) atoms. The lowest BCUT2D eigenvalue weighted by Gasteiger charge is -2.28. The molecule has 0 aliphatic carbocycles. The summed E-state index contributed by atoms with van der Waals surface area (Å²) < 4.78 is 6.70. The maximum Gasteiger partial charge on any atom is 0.159 e. The number of anilines is 3. The highest BCUT2D eigenvalue weighted by Crippen LogP contribution is 2.48. The predicted octanol–water partition coefficient (Wildman–Crippen LogP) is 15.4. The second-order valence-electron chi connectivity index (χ2n) is 14.1. The molecule has 0 saturated carbocycles. The molecule has 0 fully saturated rings. The molecule has 0 aliphatic rings. The Hall–Kier alpha value is -7.42. The Morgan fingerprint density at radius 3 is 1.36 bits per heavy atom. The molecule has 0 saturated heterocycles. The Balaban J connectivity index is 1.14. The lowest BCUT2D eigenvalue weighted by atomic mass is 9.88. The van der Waals surface area contributed by atoms with Crippen LogP contribution in [0.25, 0.3) is 77.6 Å². The highest BCUT2D eigenvalue weighted by atomic mass is 16.3. The summed E-state index contributed by atoms with van der Waals surface area (Å²) in [6, 6.07) is 80.0. The van der Waals surface area contributed by atoms with Crippen molar-refractivity contribution in [1.29, 1.82) is 0 Å². The summed E-state index contributed by atoms with van der Waals surface area (Å²) in [6.07, 6.45) is 0. The summed E-state index contributed by atoms with van der Waals surface area (Å²) in [7, 11) is 0. The molecule has 0 aliphatic heterocycles. The van der Waals surface area contributed by atoms with Crippen molar-refractivity contribution in [3.8, 4) is 55.6 Å². The molecule has 0 bridgehead atoms. The highest BCUT2D eigenvalue weighted by Gasteiger charge is 2.23. The van der Waals surface area contributed by atoms with Gasteiger partial charge in [-0.15, -0.1) is 0 Å². The van der Waals surface area contributed by atoms with E-state index in [2.05, 4.69) is 223 Å². The normalized spacial score (nSPS) is 11.2. The van der Waals surface area contributed by atoms with Gasteiger partial charge in [0.05, 0.1) is 11.4 Å². The predicted molar refractivity (Wildman–Crippen MR) is 236 cm³/mol. The quantitative estimate of drug-likeness (QED) is 0.156. The summed E-state index contributed by atoms with van der Waals surface area (Å²) in [6.45, 7) is 0. The molecule has 264 valence electrons. The van der Waals surface area contributed by atoms with Crippen LogP contribution in [-0.4, -0.2) is 0 Å². The van der Waals surface area contributed by atoms with E-state index in [1.54, 1.807) is 0 Å². The van der Waals surface area contributed by atoms with Crippen LogP contribution in [0.1, 0.15) is 0 Å². The molecule has 2 heteroatoms. The van der Waals surface area contributed by atoms with Crippen LogP contribution < -0.4 is 4.90 Å². The average Bonchev–Trinajstić information content (AvgIpc) is 3.67. The monoisotopic (exact) mass is 715 g/mol. The minimum atomic E-state index is 0.855. The van der Waals surface area contributed by atoms with Gasteiger partial charge in [0.1, 0.15) is 5.58 Å². The van der Waals surface area contributed by atoms with Crippen LogP contribution in [0.15, 0.2) is 229 Å². The summed E-state index contributed by atoms with van der Waals surface area (Å²) >= 11 is 0. The Kier molecular flexibility index (Phi) is 8.55. The second-order valence-corrected chi connectivity index (χ2v) is 14.1. The zero-order valence-corrected chi connectivity index (χ0v) is 30.7. The van der Waals surface area contributed by atoms with Gasteiger partial charge in [0.25, 0.3) is 0 Å². The summed E-state index contributed by atoms with van der Waals surface area (Å²) in [5.41, 5.74) is 16.6. The van der Waals surface area contributed by atoms with Gasteiger partial charge in [-0.3, -0.25) is 0 Å². The third kappa shape index (κ3) is 6.04. The van der Waals surface area contributed by atoms with Crippen molar-refractivity contribution < 1.29 is 4.42 Å². The molecule has 0 amide bonds. The molecule has 0 radical (unpaired) electrons. The van der Waals surface area contributed by atoms with E-state index < -0.39 is 0 Å². The Labute approximate surface area is 327 Å². The van der Waals surface area contributed by atoms with Crippen molar-refractivity contribution in [3.05, 3.63) is 224 Å². The lowest BCUT2D eigenvalue weighted by Crippen LogP contribution is -2.11. The van der Waals surface area contributed by atoms with Gasteiger partial charge in [-0.2, -0.15) is 0 Å².